The Kier molecular flexibility index (Phi) is 3.75. The Morgan fingerprint density at radius 1 is 1.18 bits per heavy atom. The number of carbonyl (C=O) groups is 1. The van der Waals surface area contributed by atoms with E-state index >= 15 is 0 Å². The van der Waals surface area contributed by atoms with E-state index in [-0.39, 0.29) is 5.92 Å². The van der Waals surface area contributed by atoms with Gasteiger partial charge < -0.3 is 0 Å². The molecular formula is C16H26O. The molecule has 0 aromatic carbocycles. The van der Waals surface area contributed by atoms with Crippen molar-refractivity contribution in [2.24, 2.45) is 29.6 Å². The fourth-order valence-corrected chi connectivity index (χ4v) is 3.94. The van der Waals surface area contributed by atoms with E-state index in [1.807, 2.05) is 0 Å². The molecule has 1 saturated carbocycles. The van der Waals surface area contributed by atoms with E-state index in [4.69, 9.17) is 0 Å². The van der Waals surface area contributed by atoms with Gasteiger partial charge in [0.15, 0.2) is 0 Å². The van der Waals surface area contributed by atoms with Crippen LogP contribution in [0.3, 0.4) is 0 Å². The molecule has 1 nitrogen and oxygen atoms in total. The monoisotopic (exact) mass is 234 g/mol. The van der Waals surface area contributed by atoms with E-state index in [9.17, 15) is 4.79 Å². The van der Waals surface area contributed by atoms with Gasteiger partial charge in [-0.2, -0.15) is 0 Å². The van der Waals surface area contributed by atoms with Gasteiger partial charge >= 0.3 is 0 Å². The molecule has 5 atom stereocenters. The zero-order valence-electron chi connectivity index (χ0n) is 11.7. The summed E-state index contributed by atoms with van der Waals surface area (Å²) in [5.74, 6) is 3.91. The van der Waals surface area contributed by atoms with Gasteiger partial charge in [0, 0.05) is 5.92 Å². The fraction of sp³-hybridized carbons (Fsp3) is 0.812. The summed E-state index contributed by atoms with van der Waals surface area (Å²) in [6.45, 7) is 8.69. The highest BCUT2D eigenvalue weighted by atomic mass is 16.1. The summed E-state index contributed by atoms with van der Waals surface area (Å²) in [6, 6.07) is 0. The number of hydrogen-bond acceptors (Lipinski definition) is 1. The Bertz CT molecular complexity index is 328. The average molecular weight is 234 g/mol. The highest BCUT2D eigenvalue weighted by molar-refractivity contribution is 5.81. The van der Waals surface area contributed by atoms with Gasteiger partial charge in [0.25, 0.3) is 0 Å². The van der Waals surface area contributed by atoms with Crippen molar-refractivity contribution in [2.45, 2.75) is 53.4 Å². The van der Waals surface area contributed by atoms with Crippen LogP contribution in [0, 0.1) is 29.6 Å². The summed E-state index contributed by atoms with van der Waals surface area (Å²) in [7, 11) is 0. The van der Waals surface area contributed by atoms with Crippen LogP contribution in [-0.2, 0) is 4.79 Å². The van der Waals surface area contributed by atoms with E-state index in [0.717, 1.165) is 36.5 Å². The van der Waals surface area contributed by atoms with Gasteiger partial charge in [-0.25, -0.2) is 0 Å². The number of rotatable bonds is 1. The predicted octanol–water partition coefficient (Wildman–Crippen LogP) is 4.23. The van der Waals surface area contributed by atoms with Crippen LogP contribution in [0.1, 0.15) is 53.4 Å². The molecule has 2 aliphatic carbocycles. The van der Waals surface area contributed by atoms with Crippen molar-refractivity contribution in [3.05, 3.63) is 11.6 Å². The van der Waals surface area contributed by atoms with Gasteiger partial charge in [-0.1, -0.05) is 25.5 Å². The van der Waals surface area contributed by atoms with E-state index in [1.165, 1.54) is 18.4 Å². The molecule has 96 valence electrons. The zero-order valence-corrected chi connectivity index (χ0v) is 11.7. The molecule has 1 fully saturated rings. The van der Waals surface area contributed by atoms with Crippen molar-refractivity contribution >= 4 is 5.78 Å². The SMILES string of the molecule is CC(=O)C1CC2C(C)CC2C(C)CCC=C1C. The molecule has 0 aromatic heterocycles. The van der Waals surface area contributed by atoms with Crippen molar-refractivity contribution in [3.63, 3.8) is 0 Å². The van der Waals surface area contributed by atoms with E-state index in [2.05, 4.69) is 26.8 Å². The molecule has 0 spiro atoms. The minimum absolute atomic E-state index is 0.204. The number of fused-ring (bicyclic) bond motifs is 1. The van der Waals surface area contributed by atoms with E-state index in [1.54, 1.807) is 6.92 Å². The molecule has 0 N–H and O–H groups in total. The molecular weight excluding hydrogens is 208 g/mol. The maximum atomic E-state index is 11.8. The van der Waals surface area contributed by atoms with Crippen molar-refractivity contribution in [3.8, 4) is 0 Å². The molecule has 0 amide bonds. The lowest BCUT2D eigenvalue weighted by molar-refractivity contribution is -0.121. The van der Waals surface area contributed by atoms with Crippen molar-refractivity contribution in [2.75, 3.05) is 0 Å². The zero-order chi connectivity index (χ0) is 12.6. The predicted molar refractivity (Wildman–Crippen MR) is 71.7 cm³/mol. The molecule has 5 unspecified atom stereocenters. The number of carbonyl (C=O) groups excluding carboxylic acids is 1. The summed E-state index contributed by atoms with van der Waals surface area (Å²) in [5, 5.41) is 0. The normalized spacial score (nSPS) is 42.4. The minimum atomic E-state index is 0.204. The van der Waals surface area contributed by atoms with Crippen molar-refractivity contribution in [1.82, 2.24) is 0 Å². The first-order chi connectivity index (χ1) is 8.00. The second-order valence-corrected chi connectivity index (χ2v) is 6.44. The van der Waals surface area contributed by atoms with Crippen LogP contribution in [-0.4, -0.2) is 5.78 Å². The summed E-state index contributed by atoms with van der Waals surface area (Å²) < 4.78 is 0. The van der Waals surface area contributed by atoms with Crippen LogP contribution in [0.4, 0.5) is 0 Å². The highest BCUT2D eigenvalue weighted by Crippen LogP contribution is 2.50. The van der Waals surface area contributed by atoms with Crippen molar-refractivity contribution in [1.29, 1.82) is 0 Å². The Morgan fingerprint density at radius 3 is 2.41 bits per heavy atom. The van der Waals surface area contributed by atoms with Gasteiger partial charge in [-0.3, -0.25) is 4.79 Å². The standard InChI is InChI=1S/C16H26O/c1-10-6-5-7-11(2)15-8-12(3)16(15)9-14(10)13(4)17/h6,11-12,14-16H,5,7-9H2,1-4H3. The van der Waals surface area contributed by atoms with Crippen LogP contribution >= 0.6 is 0 Å². The first kappa shape index (κ1) is 12.9. The van der Waals surface area contributed by atoms with Crippen LogP contribution in [0.5, 0.6) is 0 Å². The van der Waals surface area contributed by atoms with Gasteiger partial charge in [-0.05, 0) is 63.2 Å². The lowest BCUT2D eigenvalue weighted by Gasteiger charge is -2.47. The third-order valence-electron chi connectivity index (χ3n) is 5.29. The van der Waals surface area contributed by atoms with Crippen LogP contribution in [0.15, 0.2) is 11.6 Å². The molecule has 0 bridgehead atoms. The lowest BCUT2D eigenvalue weighted by atomic mass is 9.58. The maximum Gasteiger partial charge on any atom is 0.136 e. The van der Waals surface area contributed by atoms with Gasteiger partial charge in [0.2, 0.25) is 0 Å². The molecule has 0 aromatic rings. The Balaban J connectivity index is 2.19. The summed E-state index contributed by atoms with van der Waals surface area (Å²) in [5.41, 5.74) is 1.32. The largest absolute Gasteiger partial charge is 0.299 e. The highest BCUT2D eigenvalue weighted by Gasteiger charge is 2.42. The number of hydrogen-bond donors (Lipinski definition) is 0. The third-order valence-corrected chi connectivity index (χ3v) is 5.29. The van der Waals surface area contributed by atoms with Gasteiger partial charge in [-0.15, -0.1) is 0 Å². The van der Waals surface area contributed by atoms with Crippen molar-refractivity contribution < 1.29 is 4.79 Å². The molecule has 1 heteroatoms. The molecule has 0 saturated heterocycles. The number of ketones is 1. The fourth-order valence-electron chi connectivity index (χ4n) is 3.94. The first-order valence-corrected chi connectivity index (χ1v) is 7.17. The molecule has 17 heavy (non-hydrogen) atoms. The maximum absolute atomic E-state index is 11.8. The Labute approximate surface area is 106 Å². The second-order valence-electron chi connectivity index (χ2n) is 6.44. The molecule has 0 aliphatic heterocycles. The number of Topliss-reactive ketones (excluding diaryl/α,β-unsaturated/α-hetero) is 1. The van der Waals surface area contributed by atoms with E-state index < -0.39 is 0 Å². The average Bonchev–Trinajstić information content (AvgIpc) is 2.28. The van der Waals surface area contributed by atoms with Crippen LogP contribution < -0.4 is 0 Å². The summed E-state index contributed by atoms with van der Waals surface area (Å²) in [4.78, 5) is 11.8. The first-order valence-electron chi connectivity index (χ1n) is 7.17. The van der Waals surface area contributed by atoms with E-state index in [0.29, 0.717) is 5.78 Å². The third kappa shape index (κ3) is 2.48. The smallest absolute Gasteiger partial charge is 0.136 e. The lowest BCUT2D eigenvalue weighted by Crippen LogP contribution is -2.40. The van der Waals surface area contributed by atoms with Gasteiger partial charge in [0.05, 0.1) is 0 Å². The molecule has 2 aliphatic rings. The topological polar surface area (TPSA) is 17.1 Å². The summed E-state index contributed by atoms with van der Waals surface area (Å²) >= 11 is 0. The number of allylic oxidation sites excluding steroid dienone is 2. The second kappa shape index (κ2) is 4.96. The summed E-state index contributed by atoms with van der Waals surface area (Å²) in [6.07, 6.45) is 7.27. The minimum Gasteiger partial charge on any atom is -0.299 e. The quantitative estimate of drug-likeness (QED) is 0.620. The molecule has 0 heterocycles. The van der Waals surface area contributed by atoms with Crippen LogP contribution in [0.25, 0.3) is 0 Å². The Morgan fingerprint density at radius 2 is 1.82 bits per heavy atom. The van der Waals surface area contributed by atoms with Gasteiger partial charge in [0.1, 0.15) is 5.78 Å². The van der Waals surface area contributed by atoms with Crippen LogP contribution in [0.2, 0.25) is 0 Å². The molecule has 0 radical (unpaired) electrons. The Hall–Kier alpha value is -0.590. The molecule has 2 rings (SSSR count).